The van der Waals surface area contributed by atoms with Crippen LogP contribution in [0.2, 0.25) is 0 Å². The van der Waals surface area contributed by atoms with E-state index in [0.717, 1.165) is 0 Å². The van der Waals surface area contributed by atoms with Gasteiger partial charge in [0, 0.05) is 0 Å². The van der Waals surface area contributed by atoms with Gasteiger partial charge in [-0.05, 0) is 23.8 Å². The Kier molecular flexibility index (Phi) is 3.80. The predicted molar refractivity (Wildman–Crippen MR) is 83.6 cm³/mol. The zero-order valence-corrected chi connectivity index (χ0v) is 12.3. The van der Waals surface area contributed by atoms with Crippen LogP contribution in [-0.2, 0) is 11.3 Å². The van der Waals surface area contributed by atoms with Gasteiger partial charge in [0.2, 0.25) is 0 Å². The minimum Gasteiger partial charge on any atom is -0.465 e. The van der Waals surface area contributed by atoms with Gasteiger partial charge in [0.25, 0.3) is 0 Å². The molecule has 6 nitrogen and oxygen atoms in total. The van der Waals surface area contributed by atoms with Crippen LogP contribution in [0.4, 0.5) is 0 Å². The summed E-state index contributed by atoms with van der Waals surface area (Å²) >= 11 is 0. The molecule has 0 amide bonds. The third-order valence-corrected chi connectivity index (χ3v) is 3.57. The first kappa shape index (κ1) is 14.8. The number of esters is 1. The zero-order valence-electron chi connectivity index (χ0n) is 12.3. The summed E-state index contributed by atoms with van der Waals surface area (Å²) in [6.07, 6.45) is 0. The molecule has 3 rings (SSSR count). The van der Waals surface area contributed by atoms with Gasteiger partial charge >= 0.3 is 17.4 Å². The molecule has 23 heavy (non-hydrogen) atoms. The standard InChI is InChI=1S/C17H13NO5/c1-22-15(19)12-7-3-2-6-11(12)10-18-14-9-5-4-8-13(14)16(20)23-17(18)21/h2-9H,10H2,1H3. The van der Waals surface area contributed by atoms with Gasteiger partial charge in [0.15, 0.2) is 0 Å². The summed E-state index contributed by atoms with van der Waals surface area (Å²) in [4.78, 5) is 35.7. The Morgan fingerprint density at radius 3 is 2.57 bits per heavy atom. The van der Waals surface area contributed by atoms with Crippen LogP contribution < -0.4 is 11.4 Å². The van der Waals surface area contributed by atoms with Crippen LogP contribution in [0, 0.1) is 0 Å². The Labute approximate surface area is 130 Å². The van der Waals surface area contributed by atoms with E-state index in [1.165, 1.54) is 11.7 Å². The summed E-state index contributed by atoms with van der Waals surface area (Å²) in [5, 5.41) is 0.308. The summed E-state index contributed by atoms with van der Waals surface area (Å²) in [5.74, 6) is -1.26. The molecule has 6 heteroatoms. The van der Waals surface area contributed by atoms with Crippen molar-refractivity contribution in [1.82, 2.24) is 4.57 Å². The molecular weight excluding hydrogens is 298 g/mol. The third-order valence-electron chi connectivity index (χ3n) is 3.57. The quantitative estimate of drug-likeness (QED) is 0.689. The molecule has 0 N–H and O–H groups in total. The third kappa shape index (κ3) is 2.66. The van der Waals surface area contributed by atoms with Gasteiger partial charge in [0.1, 0.15) is 0 Å². The van der Waals surface area contributed by atoms with Gasteiger partial charge in [-0.15, -0.1) is 0 Å². The highest BCUT2D eigenvalue weighted by Crippen LogP contribution is 2.14. The molecule has 3 aromatic rings. The first-order valence-electron chi connectivity index (χ1n) is 6.90. The number of aromatic nitrogens is 1. The van der Waals surface area contributed by atoms with E-state index in [2.05, 4.69) is 0 Å². The number of para-hydroxylation sites is 1. The van der Waals surface area contributed by atoms with Crippen molar-refractivity contribution in [3.05, 3.63) is 80.6 Å². The number of ether oxygens (including phenoxy) is 1. The molecule has 0 unspecified atom stereocenters. The Balaban J connectivity index is 2.19. The second-order valence-corrected chi connectivity index (χ2v) is 4.91. The molecule has 0 aliphatic rings. The van der Waals surface area contributed by atoms with Gasteiger partial charge in [0.05, 0.1) is 30.1 Å². The number of fused-ring (bicyclic) bond motifs is 1. The maximum absolute atomic E-state index is 12.1. The Bertz CT molecular complexity index is 1000. The highest BCUT2D eigenvalue weighted by molar-refractivity contribution is 5.91. The molecule has 0 atom stereocenters. The molecule has 0 aliphatic carbocycles. The lowest BCUT2D eigenvalue weighted by Crippen LogP contribution is -2.26. The van der Waals surface area contributed by atoms with Gasteiger partial charge in [-0.1, -0.05) is 30.3 Å². The molecule has 2 aromatic carbocycles. The number of methoxy groups -OCH3 is 1. The monoisotopic (exact) mass is 311 g/mol. The fraction of sp³-hybridized carbons (Fsp3) is 0.118. The van der Waals surface area contributed by atoms with Crippen LogP contribution in [0.15, 0.2) is 62.5 Å². The van der Waals surface area contributed by atoms with E-state index in [1.807, 2.05) is 0 Å². The fourth-order valence-corrected chi connectivity index (χ4v) is 2.46. The molecular formula is C17H13NO5. The molecule has 0 aliphatic heterocycles. The fourth-order valence-electron chi connectivity index (χ4n) is 2.46. The van der Waals surface area contributed by atoms with Crippen molar-refractivity contribution in [2.75, 3.05) is 7.11 Å². The van der Waals surface area contributed by atoms with Crippen molar-refractivity contribution in [2.24, 2.45) is 0 Å². The zero-order chi connectivity index (χ0) is 16.4. The SMILES string of the molecule is COC(=O)c1ccccc1Cn1c(=O)oc(=O)c2ccccc21. The summed E-state index contributed by atoms with van der Waals surface area (Å²) < 4.78 is 10.8. The van der Waals surface area contributed by atoms with E-state index in [4.69, 9.17) is 9.15 Å². The molecule has 0 saturated heterocycles. The molecule has 1 heterocycles. The maximum Gasteiger partial charge on any atom is 0.422 e. The average molecular weight is 311 g/mol. The van der Waals surface area contributed by atoms with Crippen molar-refractivity contribution in [3.8, 4) is 0 Å². The smallest absolute Gasteiger partial charge is 0.422 e. The molecule has 1 aromatic heterocycles. The summed E-state index contributed by atoms with van der Waals surface area (Å²) in [7, 11) is 1.29. The minimum atomic E-state index is -0.770. The number of carbonyl (C=O) groups is 1. The number of rotatable bonds is 3. The average Bonchev–Trinajstić information content (AvgIpc) is 2.58. The molecule has 116 valence electrons. The number of benzene rings is 2. The normalized spacial score (nSPS) is 10.7. The van der Waals surface area contributed by atoms with Gasteiger partial charge in [-0.25, -0.2) is 14.4 Å². The van der Waals surface area contributed by atoms with E-state index >= 15 is 0 Å². The number of hydrogen-bond acceptors (Lipinski definition) is 5. The Morgan fingerprint density at radius 1 is 1.09 bits per heavy atom. The van der Waals surface area contributed by atoms with Crippen LogP contribution >= 0.6 is 0 Å². The van der Waals surface area contributed by atoms with E-state index in [0.29, 0.717) is 22.0 Å². The van der Waals surface area contributed by atoms with Crippen molar-refractivity contribution in [3.63, 3.8) is 0 Å². The first-order chi connectivity index (χ1) is 11.1. The molecule has 0 spiro atoms. The number of carbonyl (C=O) groups excluding carboxylic acids is 1. The topological polar surface area (TPSA) is 78.5 Å². The van der Waals surface area contributed by atoms with Gasteiger partial charge in [-0.2, -0.15) is 0 Å². The number of hydrogen-bond donors (Lipinski definition) is 0. The van der Waals surface area contributed by atoms with Gasteiger partial charge < -0.3 is 9.15 Å². The Hall–Kier alpha value is -3.15. The lowest BCUT2D eigenvalue weighted by molar-refractivity contribution is 0.0599. The van der Waals surface area contributed by atoms with Crippen molar-refractivity contribution >= 4 is 16.9 Å². The predicted octanol–water partition coefficient (Wildman–Crippen LogP) is 1.79. The molecule has 0 saturated carbocycles. The second-order valence-electron chi connectivity index (χ2n) is 4.91. The second kappa shape index (κ2) is 5.92. The van der Waals surface area contributed by atoms with Crippen LogP contribution in [0.3, 0.4) is 0 Å². The molecule has 0 radical (unpaired) electrons. The van der Waals surface area contributed by atoms with Crippen molar-refractivity contribution in [1.29, 1.82) is 0 Å². The highest BCUT2D eigenvalue weighted by atomic mass is 16.5. The van der Waals surface area contributed by atoms with Crippen LogP contribution in [-0.4, -0.2) is 17.6 Å². The van der Waals surface area contributed by atoms with E-state index < -0.39 is 17.4 Å². The number of nitrogens with zero attached hydrogens (tertiary/aromatic N) is 1. The highest BCUT2D eigenvalue weighted by Gasteiger charge is 2.14. The van der Waals surface area contributed by atoms with Crippen molar-refractivity contribution in [2.45, 2.75) is 6.54 Å². The Morgan fingerprint density at radius 2 is 1.78 bits per heavy atom. The largest absolute Gasteiger partial charge is 0.465 e. The van der Waals surface area contributed by atoms with Gasteiger partial charge in [-0.3, -0.25) is 4.57 Å². The lowest BCUT2D eigenvalue weighted by Gasteiger charge is -2.11. The van der Waals surface area contributed by atoms with E-state index in [1.54, 1.807) is 48.5 Å². The summed E-state index contributed by atoms with van der Waals surface area (Å²) in [6.45, 7) is 0.0917. The lowest BCUT2D eigenvalue weighted by atomic mass is 10.1. The van der Waals surface area contributed by atoms with Crippen LogP contribution in [0.5, 0.6) is 0 Å². The molecule has 0 bridgehead atoms. The summed E-state index contributed by atoms with van der Waals surface area (Å²) in [6, 6.07) is 13.5. The van der Waals surface area contributed by atoms with Crippen LogP contribution in [0.25, 0.3) is 10.9 Å². The van der Waals surface area contributed by atoms with E-state index in [-0.39, 0.29) is 6.54 Å². The maximum atomic E-state index is 12.1. The van der Waals surface area contributed by atoms with E-state index in [9.17, 15) is 14.4 Å². The summed E-state index contributed by atoms with van der Waals surface area (Å²) in [5.41, 5.74) is 0.731. The first-order valence-corrected chi connectivity index (χ1v) is 6.90. The van der Waals surface area contributed by atoms with Crippen LogP contribution in [0.1, 0.15) is 15.9 Å². The minimum absolute atomic E-state index is 0.0917. The van der Waals surface area contributed by atoms with Crippen molar-refractivity contribution < 1.29 is 13.9 Å². The molecule has 0 fully saturated rings.